The Kier molecular flexibility index (Phi) is 7.16. The van der Waals surface area contributed by atoms with E-state index in [1.54, 1.807) is 47.8 Å². The molecule has 3 rings (SSSR count). The summed E-state index contributed by atoms with van der Waals surface area (Å²) >= 11 is 1.02. The molecule has 1 aromatic heterocycles. The second kappa shape index (κ2) is 9.84. The fraction of sp³-hybridized carbons (Fsp3) is 0.182. The first kappa shape index (κ1) is 23.3. The highest BCUT2D eigenvalue weighted by atomic mass is 32.2. The van der Waals surface area contributed by atoms with Crippen LogP contribution in [0.4, 0.5) is 11.4 Å². The first-order valence-electron chi connectivity index (χ1n) is 9.70. The summed E-state index contributed by atoms with van der Waals surface area (Å²) in [6.45, 7) is 2.37. The standard InChI is InChI=1S/C22H23N3O5S2/c1-4-30-18-10-8-17(9-11-18)25(3)32(28,29)19-12-13-31-20(19)22(27)24-16-7-5-6-15(14-16)21(26)23-2/h5-14H,4H2,1-3H3,(H,23,26)(H,24,27). The van der Waals surface area contributed by atoms with Crippen LogP contribution < -0.4 is 19.7 Å². The van der Waals surface area contributed by atoms with Crippen molar-refractivity contribution in [2.45, 2.75) is 11.8 Å². The van der Waals surface area contributed by atoms with Crippen LogP contribution in [0.15, 0.2) is 64.9 Å². The number of hydrogen-bond donors (Lipinski definition) is 2. The molecule has 0 radical (unpaired) electrons. The second-order valence-electron chi connectivity index (χ2n) is 6.63. The number of nitrogens with zero attached hydrogens (tertiary/aromatic N) is 1. The van der Waals surface area contributed by atoms with E-state index in [-0.39, 0.29) is 15.7 Å². The van der Waals surface area contributed by atoms with Gasteiger partial charge in [0.25, 0.3) is 21.8 Å². The highest BCUT2D eigenvalue weighted by Gasteiger charge is 2.28. The Morgan fingerprint density at radius 1 is 1.06 bits per heavy atom. The summed E-state index contributed by atoms with van der Waals surface area (Å²) < 4.78 is 33.0. The Balaban J connectivity index is 1.85. The van der Waals surface area contributed by atoms with Gasteiger partial charge in [-0.1, -0.05) is 6.07 Å². The summed E-state index contributed by atoms with van der Waals surface area (Å²) in [5.41, 5.74) is 1.19. The van der Waals surface area contributed by atoms with Crippen LogP contribution in [0.3, 0.4) is 0 Å². The number of ether oxygens (including phenoxy) is 1. The van der Waals surface area contributed by atoms with Gasteiger partial charge in [-0.05, 0) is 60.8 Å². The zero-order chi connectivity index (χ0) is 23.3. The average molecular weight is 474 g/mol. The third-order valence-corrected chi connectivity index (χ3v) is 7.47. The van der Waals surface area contributed by atoms with E-state index >= 15 is 0 Å². The van der Waals surface area contributed by atoms with E-state index in [2.05, 4.69) is 10.6 Å². The summed E-state index contributed by atoms with van der Waals surface area (Å²) in [5.74, 6) is -0.234. The maximum absolute atomic E-state index is 13.2. The summed E-state index contributed by atoms with van der Waals surface area (Å²) in [6.07, 6.45) is 0. The normalized spacial score (nSPS) is 11.0. The average Bonchev–Trinajstić information content (AvgIpc) is 3.30. The van der Waals surface area contributed by atoms with E-state index in [0.29, 0.717) is 29.3 Å². The molecule has 2 amide bonds. The van der Waals surface area contributed by atoms with Gasteiger partial charge in [0.15, 0.2) is 0 Å². The summed E-state index contributed by atoms with van der Waals surface area (Å²) in [5, 5.41) is 6.73. The molecule has 0 aliphatic carbocycles. The molecular weight excluding hydrogens is 450 g/mol. The predicted octanol–water partition coefficient (Wildman–Crippen LogP) is 3.58. The fourth-order valence-corrected chi connectivity index (χ4v) is 5.43. The molecule has 2 N–H and O–H groups in total. The maximum Gasteiger partial charge on any atom is 0.267 e. The number of amides is 2. The minimum absolute atomic E-state index is 0.0492. The first-order valence-corrected chi connectivity index (χ1v) is 12.0. The molecular formula is C22H23N3O5S2. The second-order valence-corrected chi connectivity index (χ2v) is 9.48. The van der Waals surface area contributed by atoms with Gasteiger partial charge in [-0.3, -0.25) is 13.9 Å². The summed E-state index contributed by atoms with van der Waals surface area (Å²) in [4.78, 5) is 24.6. The third kappa shape index (κ3) is 4.92. The zero-order valence-corrected chi connectivity index (χ0v) is 19.4. The number of carbonyl (C=O) groups is 2. The highest BCUT2D eigenvalue weighted by molar-refractivity contribution is 7.93. The molecule has 168 valence electrons. The predicted molar refractivity (Wildman–Crippen MR) is 125 cm³/mol. The molecule has 0 saturated carbocycles. The molecule has 0 aliphatic heterocycles. The smallest absolute Gasteiger partial charge is 0.267 e. The Labute approximate surface area is 190 Å². The molecule has 10 heteroatoms. The molecule has 8 nitrogen and oxygen atoms in total. The minimum atomic E-state index is -3.99. The van der Waals surface area contributed by atoms with Gasteiger partial charge in [0, 0.05) is 25.3 Å². The van der Waals surface area contributed by atoms with Crippen molar-refractivity contribution in [3.8, 4) is 5.75 Å². The number of anilines is 2. The number of rotatable bonds is 8. The van der Waals surface area contributed by atoms with Crippen LogP contribution in [0.2, 0.25) is 0 Å². The van der Waals surface area contributed by atoms with Gasteiger partial charge < -0.3 is 15.4 Å². The number of benzene rings is 2. The molecule has 3 aromatic rings. The topological polar surface area (TPSA) is 105 Å². The Hall–Kier alpha value is -3.37. The minimum Gasteiger partial charge on any atom is -0.494 e. The SMILES string of the molecule is CCOc1ccc(N(C)S(=O)(=O)c2ccsc2C(=O)Nc2cccc(C(=O)NC)c2)cc1. The molecule has 0 saturated heterocycles. The number of thiophene rings is 1. The van der Waals surface area contributed by atoms with E-state index in [9.17, 15) is 18.0 Å². The maximum atomic E-state index is 13.2. The van der Waals surface area contributed by atoms with Crippen molar-refractivity contribution in [1.29, 1.82) is 0 Å². The molecule has 0 spiro atoms. The quantitative estimate of drug-likeness (QED) is 0.520. The molecule has 0 fully saturated rings. The Morgan fingerprint density at radius 2 is 1.78 bits per heavy atom. The van der Waals surface area contributed by atoms with Gasteiger partial charge in [-0.25, -0.2) is 8.42 Å². The molecule has 0 unspecified atom stereocenters. The Bertz CT molecular complexity index is 1220. The summed E-state index contributed by atoms with van der Waals surface area (Å²) in [6, 6.07) is 14.4. The van der Waals surface area contributed by atoms with Gasteiger partial charge in [-0.2, -0.15) is 0 Å². The Morgan fingerprint density at radius 3 is 2.44 bits per heavy atom. The molecule has 0 atom stereocenters. The van der Waals surface area contributed by atoms with Crippen LogP contribution >= 0.6 is 11.3 Å². The zero-order valence-electron chi connectivity index (χ0n) is 17.8. The molecule has 1 heterocycles. The van der Waals surface area contributed by atoms with Crippen molar-refractivity contribution in [3.05, 3.63) is 70.4 Å². The lowest BCUT2D eigenvalue weighted by atomic mass is 10.2. The van der Waals surface area contributed by atoms with Gasteiger partial charge in [-0.15, -0.1) is 11.3 Å². The van der Waals surface area contributed by atoms with E-state index in [0.717, 1.165) is 15.6 Å². The largest absolute Gasteiger partial charge is 0.494 e. The van der Waals surface area contributed by atoms with Gasteiger partial charge in [0.1, 0.15) is 15.5 Å². The number of sulfonamides is 1. The van der Waals surface area contributed by atoms with Crippen molar-refractivity contribution in [2.24, 2.45) is 0 Å². The highest BCUT2D eigenvalue weighted by Crippen LogP contribution is 2.29. The van der Waals surface area contributed by atoms with E-state index < -0.39 is 15.9 Å². The van der Waals surface area contributed by atoms with Crippen LogP contribution in [-0.2, 0) is 10.0 Å². The van der Waals surface area contributed by atoms with Gasteiger partial charge >= 0.3 is 0 Å². The summed E-state index contributed by atoms with van der Waals surface area (Å²) in [7, 11) is -1.05. The fourth-order valence-electron chi connectivity index (χ4n) is 2.94. The van der Waals surface area contributed by atoms with Crippen molar-refractivity contribution in [2.75, 3.05) is 30.3 Å². The van der Waals surface area contributed by atoms with E-state index in [1.165, 1.54) is 26.2 Å². The van der Waals surface area contributed by atoms with Crippen LogP contribution in [0.1, 0.15) is 27.0 Å². The van der Waals surface area contributed by atoms with Crippen LogP contribution in [0.5, 0.6) is 5.75 Å². The van der Waals surface area contributed by atoms with Crippen LogP contribution in [-0.4, -0.2) is 40.9 Å². The number of carbonyl (C=O) groups excluding carboxylic acids is 2. The lowest BCUT2D eigenvalue weighted by molar-refractivity contribution is 0.0961. The molecule has 2 aromatic carbocycles. The molecule has 0 bridgehead atoms. The molecule has 0 aliphatic rings. The van der Waals surface area contributed by atoms with E-state index in [4.69, 9.17) is 4.74 Å². The van der Waals surface area contributed by atoms with Crippen molar-refractivity contribution in [3.63, 3.8) is 0 Å². The van der Waals surface area contributed by atoms with E-state index in [1.807, 2.05) is 6.92 Å². The van der Waals surface area contributed by atoms with Crippen molar-refractivity contribution in [1.82, 2.24) is 5.32 Å². The van der Waals surface area contributed by atoms with Crippen LogP contribution in [0, 0.1) is 0 Å². The lowest BCUT2D eigenvalue weighted by Gasteiger charge is -2.20. The first-order chi connectivity index (χ1) is 15.3. The van der Waals surface area contributed by atoms with Crippen LogP contribution in [0.25, 0.3) is 0 Å². The van der Waals surface area contributed by atoms with Gasteiger partial charge in [0.2, 0.25) is 0 Å². The van der Waals surface area contributed by atoms with Gasteiger partial charge in [0.05, 0.1) is 12.3 Å². The number of hydrogen-bond acceptors (Lipinski definition) is 6. The number of nitrogens with one attached hydrogen (secondary N) is 2. The monoisotopic (exact) mass is 473 g/mol. The van der Waals surface area contributed by atoms with Crippen molar-refractivity contribution >= 4 is 44.5 Å². The lowest BCUT2D eigenvalue weighted by Crippen LogP contribution is -2.28. The van der Waals surface area contributed by atoms with Crippen molar-refractivity contribution < 1.29 is 22.7 Å². The third-order valence-electron chi connectivity index (χ3n) is 4.59. The molecule has 32 heavy (non-hydrogen) atoms.